The van der Waals surface area contributed by atoms with Gasteiger partial charge in [-0.2, -0.15) is 17.5 Å². The van der Waals surface area contributed by atoms with Gasteiger partial charge in [-0.1, -0.05) is 11.6 Å². The van der Waals surface area contributed by atoms with Crippen molar-refractivity contribution >= 4 is 27.5 Å². The molecule has 2 aliphatic rings. The lowest BCUT2D eigenvalue weighted by Crippen LogP contribution is -2.45. The maximum absolute atomic E-state index is 13.0. The van der Waals surface area contributed by atoms with Crippen molar-refractivity contribution in [2.75, 3.05) is 26.2 Å². The summed E-state index contributed by atoms with van der Waals surface area (Å²) < 4.78 is 65.8. The third kappa shape index (κ3) is 4.46. The molecule has 5 nitrogen and oxygen atoms in total. The Kier molecular flexibility index (Phi) is 6.26. The highest BCUT2D eigenvalue weighted by molar-refractivity contribution is 7.89. The van der Waals surface area contributed by atoms with Crippen LogP contribution in [-0.4, -0.2) is 49.7 Å². The number of hydrogen-bond acceptors (Lipinski definition) is 3. The Bertz CT molecular complexity index is 831. The summed E-state index contributed by atoms with van der Waals surface area (Å²) >= 11 is 5.57. The minimum Gasteiger partial charge on any atom is -0.342 e. The molecular weight excluding hydrogens is 417 g/mol. The number of carbonyl (C=O) groups is 1. The number of likely N-dealkylation sites (tertiary alicyclic amines) is 1. The SMILES string of the molecule is O=C(C1CCN(S(=O)(=O)c2ccc(Cl)c(C(F)(F)F)c2)CC1)N1CCCCC1. The second kappa shape index (κ2) is 8.20. The van der Waals surface area contributed by atoms with Gasteiger partial charge in [0.25, 0.3) is 0 Å². The number of sulfonamides is 1. The van der Waals surface area contributed by atoms with E-state index in [1.807, 2.05) is 4.90 Å². The van der Waals surface area contributed by atoms with Gasteiger partial charge in [-0.25, -0.2) is 8.42 Å². The minimum atomic E-state index is -4.74. The number of hydrogen-bond donors (Lipinski definition) is 0. The molecule has 0 radical (unpaired) electrons. The topological polar surface area (TPSA) is 57.7 Å². The molecule has 2 fully saturated rings. The number of carbonyl (C=O) groups excluding carboxylic acids is 1. The molecular formula is C18H22ClF3N2O3S. The van der Waals surface area contributed by atoms with Gasteiger partial charge in [0.2, 0.25) is 15.9 Å². The van der Waals surface area contributed by atoms with Crippen LogP contribution in [0.5, 0.6) is 0 Å². The van der Waals surface area contributed by atoms with Crippen LogP contribution in [0.1, 0.15) is 37.7 Å². The summed E-state index contributed by atoms with van der Waals surface area (Å²) in [4.78, 5) is 14.0. The van der Waals surface area contributed by atoms with Gasteiger partial charge in [0.1, 0.15) is 0 Å². The van der Waals surface area contributed by atoms with E-state index in [9.17, 15) is 26.4 Å². The number of nitrogens with zero attached hydrogens (tertiary/aromatic N) is 2. The van der Waals surface area contributed by atoms with Gasteiger partial charge < -0.3 is 4.90 Å². The number of rotatable bonds is 3. The highest BCUT2D eigenvalue weighted by Crippen LogP contribution is 2.37. The molecule has 0 N–H and O–H groups in total. The molecule has 0 saturated carbocycles. The van der Waals surface area contributed by atoms with E-state index in [0.29, 0.717) is 18.9 Å². The van der Waals surface area contributed by atoms with Crippen molar-refractivity contribution in [2.24, 2.45) is 5.92 Å². The number of benzene rings is 1. The smallest absolute Gasteiger partial charge is 0.342 e. The molecule has 0 bridgehead atoms. The van der Waals surface area contributed by atoms with Crippen LogP contribution in [0.25, 0.3) is 0 Å². The summed E-state index contributed by atoms with van der Waals surface area (Å²) in [6.07, 6.45) is -0.922. The van der Waals surface area contributed by atoms with E-state index < -0.39 is 31.7 Å². The molecule has 0 aliphatic carbocycles. The Morgan fingerprint density at radius 1 is 1.04 bits per heavy atom. The van der Waals surface area contributed by atoms with E-state index >= 15 is 0 Å². The highest BCUT2D eigenvalue weighted by atomic mass is 35.5. The fourth-order valence-corrected chi connectivity index (χ4v) is 5.47. The lowest BCUT2D eigenvalue weighted by molar-refractivity contribution is -0.138. The molecule has 0 spiro atoms. The van der Waals surface area contributed by atoms with Gasteiger partial charge in [0, 0.05) is 32.1 Å². The Balaban J connectivity index is 1.70. The van der Waals surface area contributed by atoms with Gasteiger partial charge in [-0.15, -0.1) is 0 Å². The third-order valence-corrected chi connectivity index (χ3v) is 7.58. The van der Waals surface area contributed by atoms with E-state index in [-0.39, 0.29) is 24.9 Å². The van der Waals surface area contributed by atoms with Crippen LogP contribution in [0.3, 0.4) is 0 Å². The molecule has 2 saturated heterocycles. The first-order valence-corrected chi connectivity index (χ1v) is 11.1. The monoisotopic (exact) mass is 438 g/mol. The summed E-state index contributed by atoms with van der Waals surface area (Å²) in [6, 6.07) is 2.60. The maximum Gasteiger partial charge on any atom is 0.417 e. The van der Waals surface area contributed by atoms with Crippen LogP contribution in [0.4, 0.5) is 13.2 Å². The molecule has 1 amide bonds. The first-order valence-electron chi connectivity index (χ1n) is 9.26. The van der Waals surface area contributed by atoms with Gasteiger partial charge in [0.15, 0.2) is 0 Å². The van der Waals surface area contributed by atoms with Crippen molar-refractivity contribution < 1.29 is 26.4 Å². The van der Waals surface area contributed by atoms with E-state index in [4.69, 9.17) is 11.6 Å². The zero-order valence-electron chi connectivity index (χ0n) is 15.2. The predicted molar refractivity (Wildman–Crippen MR) is 98.4 cm³/mol. The molecule has 28 heavy (non-hydrogen) atoms. The number of amides is 1. The fraction of sp³-hybridized carbons (Fsp3) is 0.611. The number of alkyl halides is 3. The molecule has 1 aromatic rings. The lowest BCUT2D eigenvalue weighted by Gasteiger charge is -2.35. The minimum absolute atomic E-state index is 0.0580. The lowest BCUT2D eigenvalue weighted by atomic mass is 9.95. The largest absolute Gasteiger partial charge is 0.417 e. The summed E-state index contributed by atoms with van der Waals surface area (Å²) in [7, 11) is -4.09. The molecule has 2 aliphatic heterocycles. The number of piperidine rings is 2. The molecule has 156 valence electrons. The van der Waals surface area contributed by atoms with Gasteiger partial charge in [0.05, 0.1) is 15.5 Å². The molecule has 10 heteroatoms. The quantitative estimate of drug-likeness (QED) is 0.721. The molecule has 2 heterocycles. The first kappa shape index (κ1) is 21.4. The maximum atomic E-state index is 13.0. The van der Waals surface area contributed by atoms with Crippen LogP contribution in [0.2, 0.25) is 5.02 Å². The third-order valence-electron chi connectivity index (χ3n) is 5.35. The van der Waals surface area contributed by atoms with Crippen molar-refractivity contribution in [3.05, 3.63) is 28.8 Å². The summed E-state index contributed by atoms with van der Waals surface area (Å²) in [5.74, 6) is -0.178. The van der Waals surface area contributed by atoms with Gasteiger partial charge >= 0.3 is 6.18 Å². The van der Waals surface area contributed by atoms with Crippen molar-refractivity contribution in [1.82, 2.24) is 9.21 Å². The van der Waals surface area contributed by atoms with Gasteiger partial charge in [-0.3, -0.25) is 4.79 Å². The summed E-state index contributed by atoms with van der Waals surface area (Å²) in [5, 5.41) is -0.544. The Morgan fingerprint density at radius 2 is 1.64 bits per heavy atom. The Morgan fingerprint density at radius 3 is 2.21 bits per heavy atom. The zero-order chi connectivity index (χ0) is 20.5. The fourth-order valence-electron chi connectivity index (χ4n) is 3.75. The van der Waals surface area contributed by atoms with Crippen molar-refractivity contribution in [3.8, 4) is 0 Å². The average molecular weight is 439 g/mol. The first-order chi connectivity index (χ1) is 13.1. The van der Waals surface area contributed by atoms with E-state index in [1.165, 1.54) is 0 Å². The van der Waals surface area contributed by atoms with E-state index in [0.717, 1.165) is 48.8 Å². The Hall–Kier alpha value is -1.32. The second-order valence-electron chi connectivity index (χ2n) is 7.20. The average Bonchev–Trinajstić information content (AvgIpc) is 2.67. The van der Waals surface area contributed by atoms with Gasteiger partial charge in [-0.05, 0) is 50.3 Å². The molecule has 1 aromatic carbocycles. The molecule has 3 rings (SSSR count). The van der Waals surface area contributed by atoms with E-state index in [2.05, 4.69) is 0 Å². The summed E-state index contributed by atoms with van der Waals surface area (Å²) in [6.45, 7) is 1.69. The Labute approximate surface area is 167 Å². The molecule has 0 aromatic heterocycles. The van der Waals surface area contributed by atoms with Crippen LogP contribution in [0, 0.1) is 5.92 Å². The zero-order valence-corrected chi connectivity index (χ0v) is 16.8. The standard InChI is InChI=1S/C18H22ClF3N2O3S/c19-16-5-4-14(12-15(16)18(20,21)22)28(26,27)24-10-6-13(7-11-24)17(25)23-8-2-1-3-9-23/h4-5,12-13H,1-3,6-11H2. The second-order valence-corrected chi connectivity index (χ2v) is 9.55. The van der Waals surface area contributed by atoms with Crippen LogP contribution >= 0.6 is 11.6 Å². The number of halogens is 4. The normalized spacial score (nSPS) is 20.4. The van der Waals surface area contributed by atoms with Crippen LogP contribution in [0.15, 0.2) is 23.1 Å². The van der Waals surface area contributed by atoms with Crippen LogP contribution < -0.4 is 0 Å². The molecule has 0 unspecified atom stereocenters. The summed E-state index contributed by atoms with van der Waals surface area (Å²) in [5.41, 5.74) is -1.18. The predicted octanol–water partition coefficient (Wildman–Crippen LogP) is 3.77. The van der Waals surface area contributed by atoms with Crippen molar-refractivity contribution in [3.63, 3.8) is 0 Å². The van der Waals surface area contributed by atoms with Crippen LogP contribution in [-0.2, 0) is 21.0 Å². The van der Waals surface area contributed by atoms with Crippen molar-refractivity contribution in [2.45, 2.75) is 43.2 Å². The van der Waals surface area contributed by atoms with E-state index in [1.54, 1.807) is 0 Å². The highest BCUT2D eigenvalue weighted by Gasteiger charge is 2.37. The van der Waals surface area contributed by atoms with Crippen molar-refractivity contribution in [1.29, 1.82) is 0 Å². The molecule has 0 atom stereocenters.